The summed E-state index contributed by atoms with van der Waals surface area (Å²) in [6.07, 6.45) is 1.42. The largest absolute Gasteiger partial charge is 0.508 e. The Morgan fingerprint density at radius 2 is 2.05 bits per heavy atom. The lowest BCUT2D eigenvalue weighted by molar-refractivity contribution is 0.0225. The van der Waals surface area contributed by atoms with Crippen LogP contribution in [0.1, 0.15) is 38.3 Å². The van der Waals surface area contributed by atoms with Crippen LogP contribution in [0.3, 0.4) is 0 Å². The van der Waals surface area contributed by atoms with Crippen molar-refractivity contribution in [3.8, 4) is 5.75 Å². The van der Waals surface area contributed by atoms with Gasteiger partial charge in [0.1, 0.15) is 5.75 Å². The van der Waals surface area contributed by atoms with Crippen molar-refractivity contribution in [2.75, 3.05) is 20.3 Å². The molecule has 0 fully saturated rings. The Morgan fingerprint density at radius 3 is 2.63 bits per heavy atom. The summed E-state index contributed by atoms with van der Waals surface area (Å²) in [5.41, 5.74) is 0.0564. The predicted molar refractivity (Wildman–Crippen MR) is 76.3 cm³/mol. The molecule has 0 spiro atoms. The average molecular weight is 267 g/mol. The summed E-state index contributed by atoms with van der Waals surface area (Å²) in [6, 6.07) is 7.33. The van der Waals surface area contributed by atoms with E-state index >= 15 is 0 Å². The standard InChI is InChI=1S/C15H25NO3/c1-4-13(12-7-5-6-8-14(12)17)16-11-15(2,18)9-10-19-3/h5-8,13,16-18H,4,9-11H2,1-3H3. The molecule has 0 aliphatic rings. The van der Waals surface area contributed by atoms with E-state index in [1.807, 2.05) is 19.1 Å². The molecule has 3 N–H and O–H groups in total. The van der Waals surface area contributed by atoms with Gasteiger partial charge < -0.3 is 20.3 Å². The van der Waals surface area contributed by atoms with Gasteiger partial charge in [-0.1, -0.05) is 25.1 Å². The summed E-state index contributed by atoms with van der Waals surface area (Å²) in [7, 11) is 1.63. The number of hydrogen-bond donors (Lipinski definition) is 3. The maximum atomic E-state index is 10.2. The molecule has 0 saturated carbocycles. The molecule has 1 rings (SSSR count). The van der Waals surface area contributed by atoms with E-state index < -0.39 is 5.60 Å². The van der Waals surface area contributed by atoms with Gasteiger partial charge in [0.25, 0.3) is 0 Å². The molecule has 2 unspecified atom stereocenters. The maximum absolute atomic E-state index is 10.2. The molecular formula is C15H25NO3. The average Bonchev–Trinajstić information content (AvgIpc) is 2.39. The zero-order valence-corrected chi connectivity index (χ0v) is 12.0. The minimum atomic E-state index is -0.812. The topological polar surface area (TPSA) is 61.7 Å². The first-order valence-corrected chi connectivity index (χ1v) is 6.72. The van der Waals surface area contributed by atoms with Crippen molar-refractivity contribution >= 4 is 0 Å². The molecule has 4 nitrogen and oxygen atoms in total. The highest BCUT2D eigenvalue weighted by molar-refractivity contribution is 5.34. The fraction of sp³-hybridized carbons (Fsp3) is 0.600. The van der Waals surface area contributed by atoms with Gasteiger partial charge in [0.05, 0.1) is 5.60 Å². The molecule has 0 saturated heterocycles. The van der Waals surface area contributed by atoms with Crippen LogP contribution in [0.2, 0.25) is 0 Å². The second-order valence-electron chi connectivity index (χ2n) is 5.14. The second-order valence-corrected chi connectivity index (χ2v) is 5.14. The zero-order valence-electron chi connectivity index (χ0n) is 12.0. The summed E-state index contributed by atoms with van der Waals surface area (Å²) in [4.78, 5) is 0. The highest BCUT2D eigenvalue weighted by Crippen LogP contribution is 2.26. The van der Waals surface area contributed by atoms with Crippen LogP contribution in [0, 0.1) is 0 Å². The smallest absolute Gasteiger partial charge is 0.120 e. The van der Waals surface area contributed by atoms with E-state index in [-0.39, 0.29) is 6.04 Å². The molecule has 0 aliphatic heterocycles. The SMILES string of the molecule is CCC(NCC(C)(O)CCOC)c1ccccc1O. The maximum Gasteiger partial charge on any atom is 0.120 e. The lowest BCUT2D eigenvalue weighted by Gasteiger charge is -2.27. The van der Waals surface area contributed by atoms with Gasteiger partial charge in [-0.15, -0.1) is 0 Å². The molecule has 0 amide bonds. The molecule has 1 aromatic carbocycles. The van der Waals surface area contributed by atoms with Crippen LogP contribution < -0.4 is 5.32 Å². The lowest BCUT2D eigenvalue weighted by atomic mass is 9.99. The van der Waals surface area contributed by atoms with E-state index in [2.05, 4.69) is 5.32 Å². The Kier molecular flexibility index (Phi) is 6.28. The van der Waals surface area contributed by atoms with Crippen LogP contribution in [0.5, 0.6) is 5.75 Å². The third-order valence-corrected chi connectivity index (χ3v) is 3.29. The van der Waals surface area contributed by atoms with E-state index in [0.29, 0.717) is 25.3 Å². The van der Waals surface area contributed by atoms with Crippen LogP contribution in [0.4, 0.5) is 0 Å². The Labute approximate surface area is 115 Å². The summed E-state index contributed by atoms with van der Waals surface area (Å²) >= 11 is 0. The van der Waals surface area contributed by atoms with Crippen LogP contribution in [-0.2, 0) is 4.74 Å². The van der Waals surface area contributed by atoms with E-state index in [9.17, 15) is 10.2 Å². The fourth-order valence-corrected chi connectivity index (χ4v) is 2.01. The molecular weight excluding hydrogens is 242 g/mol. The number of hydrogen-bond acceptors (Lipinski definition) is 4. The number of phenolic OH excluding ortho intramolecular Hbond substituents is 1. The molecule has 0 bridgehead atoms. The fourth-order valence-electron chi connectivity index (χ4n) is 2.01. The number of methoxy groups -OCH3 is 1. The highest BCUT2D eigenvalue weighted by Gasteiger charge is 2.22. The number of benzene rings is 1. The molecule has 108 valence electrons. The number of aliphatic hydroxyl groups is 1. The van der Waals surface area contributed by atoms with Crippen LogP contribution in [0.25, 0.3) is 0 Å². The van der Waals surface area contributed by atoms with Gasteiger partial charge in [-0.2, -0.15) is 0 Å². The molecule has 0 aliphatic carbocycles. The Morgan fingerprint density at radius 1 is 1.37 bits per heavy atom. The number of phenols is 1. The molecule has 2 atom stereocenters. The van der Waals surface area contributed by atoms with E-state index in [4.69, 9.17) is 4.74 Å². The van der Waals surface area contributed by atoms with Crippen LogP contribution in [0.15, 0.2) is 24.3 Å². The second kappa shape index (κ2) is 7.48. The Balaban J connectivity index is 2.61. The van der Waals surface area contributed by atoms with Gasteiger partial charge in [-0.3, -0.25) is 0 Å². The zero-order chi connectivity index (χ0) is 14.3. The van der Waals surface area contributed by atoms with Gasteiger partial charge in [0.2, 0.25) is 0 Å². The Bertz CT molecular complexity index is 379. The predicted octanol–water partition coefficient (Wildman–Crippen LogP) is 2.22. The van der Waals surface area contributed by atoms with E-state index in [0.717, 1.165) is 12.0 Å². The molecule has 0 radical (unpaired) electrons. The highest BCUT2D eigenvalue weighted by atomic mass is 16.5. The van der Waals surface area contributed by atoms with Gasteiger partial charge in [0.15, 0.2) is 0 Å². The first kappa shape index (κ1) is 16.0. The van der Waals surface area contributed by atoms with Crippen LogP contribution in [-0.4, -0.2) is 36.1 Å². The number of ether oxygens (including phenoxy) is 1. The first-order chi connectivity index (χ1) is 9.00. The number of nitrogens with one attached hydrogen (secondary N) is 1. The van der Waals surface area contributed by atoms with Crippen molar-refractivity contribution < 1.29 is 14.9 Å². The molecule has 0 heterocycles. The van der Waals surface area contributed by atoms with Gasteiger partial charge in [-0.05, 0) is 19.4 Å². The minimum Gasteiger partial charge on any atom is -0.508 e. The number of aromatic hydroxyl groups is 1. The normalized spacial score (nSPS) is 16.0. The number of rotatable bonds is 8. The molecule has 19 heavy (non-hydrogen) atoms. The number of para-hydroxylation sites is 1. The van der Waals surface area contributed by atoms with Crippen molar-refractivity contribution in [3.05, 3.63) is 29.8 Å². The van der Waals surface area contributed by atoms with E-state index in [1.165, 1.54) is 0 Å². The van der Waals surface area contributed by atoms with E-state index in [1.54, 1.807) is 26.2 Å². The third-order valence-electron chi connectivity index (χ3n) is 3.29. The molecule has 4 heteroatoms. The molecule has 0 aromatic heterocycles. The minimum absolute atomic E-state index is 0.0372. The van der Waals surface area contributed by atoms with Crippen LogP contribution >= 0.6 is 0 Å². The van der Waals surface area contributed by atoms with Crippen molar-refractivity contribution in [2.24, 2.45) is 0 Å². The van der Waals surface area contributed by atoms with Crippen molar-refractivity contribution in [2.45, 2.75) is 38.3 Å². The summed E-state index contributed by atoms with van der Waals surface area (Å²) in [6.45, 7) is 4.83. The lowest BCUT2D eigenvalue weighted by Crippen LogP contribution is -2.40. The summed E-state index contributed by atoms with van der Waals surface area (Å²) in [5.74, 6) is 0.290. The van der Waals surface area contributed by atoms with Gasteiger partial charge >= 0.3 is 0 Å². The Hall–Kier alpha value is -1.10. The van der Waals surface area contributed by atoms with Crippen molar-refractivity contribution in [1.29, 1.82) is 0 Å². The summed E-state index contributed by atoms with van der Waals surface area (Å²) in [5, 5.41) is 23.4. The van der Waals surface area contributed by atoms with Gasteiger partial charge in [-0.25, -0.2) is 0 Å². The van der Waals surface area contributed by atoms with Gasteiger partial charge in [0, 0.05) is 38.3 Å². The van der Waals surface area contributed by atoms with Crippen molar-refractivity contribution in [3.63, 3.8) is 0 Å². The third kappa shape index (κ3) is 5.19. The molecule has 1 aromatic rings. The van der Waals surface area contributed by atoms with Crippen molar-refractivity contribution in [1.82, 2.24) is 5.32 Å². The monoisotopic (exact) mass is 267 g/mol. The summed E-state index contributed by atoms with van der Waals surface area (Å²) < 4.78 is 4.99. The quantitative estimate of drug-likeness (QED) is 0.676. The first-order valence-electron chi connectivity index (χ1n) is 6.72.